The van der Waals surface area contributed by atoms with Crippen molar-refractivity contribution in [3.8, 4) is 23.0 Å². The van der Waals surface area contributed by atoms with Gasteiger partial charge >= 0.3 is 18.9 Å². The Hall–Kier alpha value is -1.66. The summed E-state index contributed by atoms with van der Waals surface area (Å²) in [4.78, 5) is 13.2. The van der Waals surface area contributed by atoms with E-state index in [2.05, 4.69) is 13.8 Å². The summed E-state index contributed by atoms with van der Waals surface area (Å²) in [6, 6.07) is 11.1. The quantitative estimate of drug-likeness (QED) is 0.236. The van der Waals surface area contributed by atoms with Crippen molar-refractivity contribution >= 4 is 19.4 Å². The molecule has 7 heteroatoms. The first-order chi connectivity index (χ1) is 15.1. The number of unbranched alkanes of at least 4 members (excludes halogenated alkanes) is 4. The molecule has 0 saturated carbocycles. The molecule has 0 fully saturated rings. The second-order valence-electron chi connectivity index (χ2n) is 7.26. The second kappa shape index (κ2) is 16.0. The maximum Gasteiger partial charge on any atom is 1.00 e. The standard InChI is InChI=1S/C25H35O5P.Li/c1-5-7-9-16-29-19-14-15-23(22(18-19)30-17-10-8-6-2)31-25(26)24-20(27-3)12-11-13-21(24)28-4;/h11-15,18,31H,5-10,16-17H2,1-4H3;/q;+1. The van der Waals surface area contributed by atoms with Gasteiger partial charge in [0.15, 0.2) is 5.52 Å². The third-order valence-corrected chi connectivity index (χ3v) is 6.04. The van der Waals surface area contributed by atoms with Crippen LogP contribution in [0.1, 0.15) is 62.7 Å². The van der Waals surface area contributed by atoms with Crippen molar-refractivity contribution in [2.45, 2.75) is 52.4 Å². The summed E-state index contributed by atoms with van der Waals surface area (Å²) in [7, 11) is 3.00. The van der Waals surface area contributed by atoms with E-state index in [1.807, 2.05) is 24.3 Å². The van der Waals surface area contributed by atoms with Gasteiger partial charge in [-0.25, -0.2) is 0 Å². The van der Waals surface area contributed by atoms with Gasteiger partial charge in [0.05, 0.1) is 27.4 Å². The molecule has 0 aliphatic carbocycles. The summed E-state index contributed by atoms with van der Waals surface area (Å²) in [6.07, 6.45) is 6.55. The van der Waals surface area contributed by atoms with E-state index in [1.54, 1.807) is 26.4 Å². The molecule has 32 heavy (non-hydrogen) atoms. The molecule has 1 unspecified atom stereocenters. The van der Waals surface area contributed by atoms with Gasteiger partial charge in [0, 0.05) is 11.4 Å². The zero-order valence-corrected chi connectivity index (χ0v) is 21.2. The van der Waals surface area contributed by atoms with Gasteiger partial charge in [-0.3, -0.25) is 4.79 Å². The molecule has 0 bridgehead atoms. The molecule has 0 aliphatic rings. The van der Waals surface area contributed by atoms with Crippen molar-refractivity contribution in [3.63, 3.8) is 0 Å². The molecule has 5 nitrogen and oxygen atoms in total. The number of carbonyl (C=O) groups is 1. The van der Waals surface area contributed by atoms with Crippen LogP contribution in [0.3, 0.4) is 0 Å². The first-order valence-electron chi connectivity index (χ1n) is 11.1. The van der Waals surface area contributed by atoms with Crippen molar-refractivity contribution in [1.29, 1.82) is 0 Å². The summed E-state index contributed by atoms with van der Waals surface area (Å²) in [5.41, 5.74) is 0.409. The fourth-order valence-electron chi connectivity index (χ4n) is 3.15. The summed E-state index contributed by atoms with van der Waals surface area (Å²) in [6.45, 7) is 5.64. The number of carbonyl (C=O) groups excluding carboxylic acids is 1. The van der Waals surface area contributed by atoms with Crippen LogP contribution in [0.15, 0.2) is 36.4 Å². The second-order valence-corrected chi connectivity index (χ2v) is 8.50. The van der Waals surface area contributed by atoms with Gasteiger partial charge in [-0.05, 0) is 45.7 Å². The molecular weight excluding hydrogens is 418 g/mol. The average Bonchev–Trinajstić information content (AvgIpc) is 2.80. The molecular formula is C25H35LiO5P+. The van der Waals surface area contributed by atoms with Gasteiger partial charge in [0.25, 0.3) is 0 Å². The van der Waals surface area contributed by atoms with E-state index in [4.69, 9.17) is 18.9 Å². The van der Waals surface area contributed by atoms with E-state index < -0.39 is 0 Å². The number of rotatable bonds is 15. The Morgan fingerprint density at radius 2 is 1.41 bits per heavy atom. The number of hydrogen-bond acceptors (Lipinski definition) is 5. The van der Waals surface area contributed by atoms with Crippen LogP contribution in [-0.4, -0.2) is 33.0 Å². The largest absolute Gasteiger partial charge is 1.00 e. The summed E-state index contributed by atoms with van der Waals surface area (Å²) in [5, 5.41) is 0.857. The smallest absolute Gasteiger partial charge is 0.496 e. The average molecular weight is 453 g/mol. The minimum atomic E-state index is -0.115. The predicted octanol–water partition coefficient (Wildman–Crippen LogP) is 2.99. The van der Waals surface area contributed by atoms with Crippen LogP contribution >= 0.6 is 8.58 Å². The normalized spacial score (nSPS) is 10.6. The third-order valence-electron chi connectivity index (χ3n) is 4.88. The molecule has 0 aromatic heterocycles. The van der Waals surface area contributed by atoms with Crippen LogP contribution < -0.4 is 43.1 Å². The first-order valence-corrected chi connectivity index (χ1v) is 12.1. The van der Waals surface area contributed by atoms with E-state index in [1.165, 1.54) is 0 Å². The minimum absolute atomic E-state index is 0. The summed E-state index contributed by atoms with van der Waals surface area (Å²) >= 11 is 0. The van der Waals surface area contributed by atoms with Gasteiger partial charge in [0.1, 0.15) is 28.6 Å². The first kappa shape index (κ1) is 28.4. The monoisotopic (exact) mass is 453 g/mol. The maximum atomic E-state index is 13.2. The predicted molar refractivity (Wildman–Crippen MR) is 128 cm³/mol. The molecule has 0 amide bonds. The Bertz CT molecular complexity index is 806. The van der Waals surface area contributed by atoms with Gasteiger partial charge in [-0.1, -0.05) is 45.6 Å². The number of benzene rings is 2. The van der Waals surface area contributed by atoms with Crippen molar-refractivity contribution in [2.24, 2.45) is 0 Å². The molecule has 170 valence electrons. The Morgan fingerprint density at radius 3 is 1.97 bits per heavy atom. The van der Waals surface area contributed by atoms with Gasteiger partial charge in [0.2, 0.25) is 0 Å². The van der Waals surface area contributed by atoms with Crippen molar-refractivity contribution < 1.29 is 42.6 Å². The molecule has 0 radical (unpaired) electrons. The van der Waals surface area contributed by atoms with Crippen molar-refractivity contribution in [1.82, 2.24) is 0 Å². The van der Waals surface area contributed by atoms with E-state index >= 15 is 0 Å². The third kappa shape index (κ3) is 8.70. The Kier molecular flexibility index (Phi) is 14.2. The molecule has 2 rings (SSSR count). The Labute approximate surface area is 206 Å². The van der Waals surface area contributed by atoms with Crippen LogP contribution in [-0.2, 0) is 0 Å². The molecule has 0 aliphatic heterocycles. The molecule has 0 spiro atoms. The van der Waals surface area contributed by atoms with Crippen LogP contribution in [0, 0.1) is 0 Å². The summed E-state index contributed by atoms with van der Waals surface area (Å²) < 4.78 is 22.8. The van der Waals surface area contributed by atoms with E-state index in [-0.39, 0.29) is 33.0 Å². The molecule has 0 heterocycles. The number of ether oxygens (including phenoxy) is 4. The summed E-state index contributed by atoms with van der Waals surface area (Å²) in [5.74, 6) is 2.51. The van der Waals surface area contributed by atoms with Crippen LogP contribution in [0.5, 0.6) is 23.0 Å². The minimum Gasteiger partial charge on any atom is -0.496 e. The molecule has 1 atom stereocenters. The zero-order valence-electron chi connectivity index (χ0n) is 20.2. The van der Waals surface area contributed by atoms with Gasteiger partial charge < -0.3 is 18.9 Å². The number of methoxy groups -OCH3 is 2. The van der Waals surface area contributed by atoms with Gasteiger partial charge in [-0.2, -0.15) is 0 Å². The molecule has 0 N–H and O–H groups in total. The SMILES string of the molecule is CCCCCOc1ccc(PC(=O)c2c(OC)cccc2OC)c(OCCCCC)c1.[Li+]. The zero-order chi connectivity index (χ0) is 22.5. The fourth-order valence-corrected chi connectivity index (χ4v) is 4.20. The van der Waals surface area contributed by atoms with Crippen molar-refractivity contribution in [3.05, 3.63) is 42.0 Å². The van der Waals surface area contributed by atoms with E-state index in [0.29, 0.717) is 36.0 Å². The number of hydrogen-bond donors (Lipinski definition) is 0. The molecule has 2 aromatic rings. The van der Waals surface area contributed by atoms with Crippen LogP contribution in [0.4, 0.5) is 0 Å². The maximum absolute atomic E-state index is 13.2. The van der Waals surface area contributed by atoms with E-state index in [9.17, 15) is 4.79 Å². The molecule has 0 saturated heterocycles. The van der Waals surface area contributed by atoms with Crippen LogP contribution in [0.25, 0.3) is 0 Å². The van der Waals surface area contributed by atoms with Crippen LogP contribution in [0.2, 0.25) is 0 Å². The molecule has 2 aromatic carbocycles. The Morgan fingerprint density at radius 1 is 0.812 bits per heavy atom. The topological polar surface area (TPSA) is 54.0 Å². The Balaban J connectivity index is 0.00000512. The van der Waals surface area contributed by atoms with Crippen molar-refractivity contribution in [2.75, 3.05) is 27.4 Å². The van der Waals surface area contributed by atoms with Gasteiger partial charge in [-0.15, -0.1) is 0 Å². The van der Waals surface area contributed by atoms with E-state index in [0.717, 1.165) is 49.6 Å². The fraction of sp³-hybridized carbons (Fsp3) is 0.480.